The minimum atomic E-state index is -1.81. The molecule has 1 aromatic carbocycles. The van der Waals surface area contributed by atoms with E-state index in [9.17, 15) is 0 Å². The van der Waals surface area contributed by atoms with Crippen molar-refractivity contribution in [3.8, 4) is 0 Å². The van der Waals surface area contributed by atoms with E-state index in [1.165, 1.54) is 5.56 Å². The number of benzene rings is 1. The van der Waals surface area contributed by atoms with Crippen molar-refractivity contribution >= 4 is 8.32 Å². The van der Waals surface area contributed by atoms with Crippen LogP contribution in [0.4, 0.5) is 0 Å². The van der Waals surface area contributed by atoms with Crippen molar-refractivity contribution in [3.05, 3.63) is 48.0 Å². The second-order valence-corrected chi connectivity index (χ2v) is 13.7. The Morgan fingerprint density at radius 3 is 2.37 bits per heavy atom. The number of hydrogen-bond donors (Lipinski definition) is 1. The molecule has 2 atom stereocenters. The van der Waals surface area contributed by atoms with Crippen molar-refractivity contribution in [1.29, 1.82) is 0 Å². The highest BCUT2D eigenvalue weighted by atomic mass is 28.4. The topological polar surface area (TPSA) is 38.7 Å². The first-order valence-corrected chi connectivity index (χ1v) is 13.1. The van der Waals surface area contributed by atoms with E-state index in [-0.39, 0.29) is 17.7 Å². The predicted octanol–water partition coefficient (Wildman–Crippen LogP) is 5.95. The molecule has 0 bridgehead atoms. The van der Waals surface area contributed by atoms with Crippen LogP contribution in [-0.2, 0) is 15.8 Å². The van der Waals surface area contributed by atoms with E-state index in [0.29, 0.717) is 12.5 Å². The minimum Gasteiger partial charge on any atom is -0.414 e. The van der Waals surface area contributed by atoms with Crippen LogP contribution < -0.4 is 0 Å². The zero-order valence-corrected chi connectivity index (χ0v) is 19.2. The molecule has 1 rings (SSSR count). The quantitative estimate of drug-likeness (QED) is 0.271. The smallest absolute Gasteiger partial charge is 0.192 e. The molecule has 0 spiro atoms. The third-order valence-corrected chi connectivity index (χ3v) is 10.1. The average Bonchev–Trinajstić information content (AvgIpc) is 2.60. The highest BCUT2D eigenvalue weighted by Gasteiger charge is 2.39. The third kappa shape index (κ3) is 9.20. The first kappa shape index (κ1) is 24.1. The van der Waals surface area contributed by atoms with Crippen LogP contribution in [-0.4, -0.2) is 32.7 Å². The maximum Gasteiger partial charge on any atom is 0.192 e. The zero-order chi connectivity index (χ0) is 20.3. The summed E-state index contributed by atoms with van der Waals surface area (Å²) in [4.78, 5) is 0. The van der Waals surface area contributed by atoms with Crippen LogP contribution in [0.15, 0.2) is 42.5 Å². The minimum absolute atomic E-state index is 0.105. The second kappa shape index (κ2) is 11.8. The molecular weight excluding hydrogens is 352 g/mol. The molecule has 0 aliphatic carbocycles. The van der Waals surface area contributed by atoms with E-state index in [1.54, 1.807) is 0 Å². The van der Waals surface area contributed by atoms with Gasteiger partial charge in [0.1, 0.15) is 0 Å². The number of ether oxygens (including phenoxy) is 1. The summed E-state index contributed by atoms with van der Waals surface area (Å²) in [6.07, 6.45) is 7.07. The van der Waals surface area contributed by atoms with Gasteiger partial charge >= 0.3 is 0 Å². The molecule has 4 heteroatoms. The van der Waals surface area contributed by atoms with Gasteiger partial charge in [-0.25, -0.2) is 0 Å². The molecule has 0 heterocycles. The molecule has 27 heavy (non-hydrogen) atoms. The van der Waals surface area contributed by atoms with Crippen molar-refractivity contribution < 1.29 is 14.3 Å². The monoisotopic (exact) mass is 392 g/mol. The fourth-order valence-electron chi connectivity index (χ4n) is 2.70. The number of aliphatic hydroxyl groups is 1. The van der Waals surface area contributed by atoms with Gasteiger partial charge in [0.2, 0.25) is 0 Å². The lowest BCUT2D eigenvalue weighted by Gasteiger charge is -2.41. The fourth-order valence-corrected chi connectivity index (χ4v) is 4.16. The van der Waals surface area contributed by atoms with E-state index < -0.39 is 8.32 Å². The predicted molar refractivity (Wildman–Crippen MR) is 117 cm³/mol. The summed E-state index contributed by atoms with van der Waals surface area (Å²) in [5.74, 6) is 0.427. The molecule has 0 fully saturated rings. The van der Waals surface area contributed by atoms with Crippen molar-refractivity contribution in [2.24, 2.45) is 5.92 Å². The SMILES string of the molecule is C[C@@H](C/C=C/CO)[C@H](CCCOCc1ccccc1)O[Si](C)(C)C(C)(C)C. The Hall–Kier alpha value is -0.943. The largest absolute Gasteiger partial charge is 0.414 e. The standard InChI is InChI=1S/C23H40O3Si/c1-20(13-10-11-17-24)22(26-27(5,6)23(2,3)4)16-12-18-25-19-21-14-8-7-9-15-21/h7-11,14-15,20,22,24H,12-13,16-19H2,1-6H3/b11-10+/t20-,22-/m0/s1. The number of aliphatic hydroxyl groups excluding tert-OH is 1. The van der Waals surface area contributed by atoms with Gasteiger partial charge < -0.3 is 14.3 Å². The Morgan fingerprint density at radius 1 is 1.11 bits per heavy atom. The normalized spacial score (nSPS) is 15.2. The van der Waals surface area contributed by atoms with Gasteiger partial charge in [0.05, 0.1) is 13.2 Å². The maximum atomic E-state index is 8.98. The molecule has 0 aliphatic rings. The van der Waals surface area contributed by atoms with Gasteiger partial charge in [0, 0.05) is 12.7 Å². The Kier molecular flexibility index (Phi) is 10.5. The van der Waals surface area contributed by atoms with Crippen LogP contribution in [0.3, 0.4) is 0 Å². The maximum absolute atomic E-state index is 8.98. The van der Waals surface area contributed by atoms with Crippen LogP contribution in [0.25, 0.3) is 0 Å². The van der Waals surface area contributed by atoms with Gasteiger partial charge in [-0.1, -0.05) is 70.2 Å². The highest BCUT2D eigenvalue weighted by Crippen LogP contribution is 2.39. The van der Waals surface area contributed by atoms with E-state index in [2.05, 4.69) is 59.0 Å². The van der Waals surface area contributed by atoms with Gasteiger partial charge in [-0.2, -0.15) is 0 Å². The Balaban J connectivity index is 2.55. The molecule has 154 valence electrons. The van der Waals surface area contributed by atoms with E-state index in [4.69, 9.17) is 14.3 Å². The average molecular weight is 393 g/mol. The molecular formula is C23H40O3Si. The van der Waals surface area contributed by atoms with Crippen molar-refractivity contribution in [2.75, 3.05) is 13.2 Å². The summed E-state index contributed by atoms with van der Waals surface area (Å²) in [5.41, 5.74) is 1.22. The molecule has 3 nitrogen and oxygen atoms in total. The third-order valence-electron chi connectivity index (χ3n) is 5.56. The van der Waals surface area contributed by atoms with E-state index in [1.807, 2.05) is 24.3 Å². The van der Waals surface area contributed by atoms with Crippen LogP contribution >= 0.6 is 0 Å². The molecule has 0 aliphatic heterocycles. The van der Waals surface area contributed by atoms with Crippen LogP contribution in [0.5, 0.6) is 0 Å². The van der Waals surface area contributed by atoms with Crippen molar-refractivity contribution in [1.82, 2.24) is 0 Å². The van der Waals surface area contributed by atoms with Crippen LogP contribution in [0.1, 0.15) is 52.5 Å². The molecule has 0 radical (unpaired) electrons. The lowest BCUT2D eigenvalue weighted by atomic mass is 9.97. The van der Waals surface area contributed by atoms with Gasteiger partial charge in [0.15, 0.2) is 8.32 Å². The molecule has 0 saturated carbocycles. The first-order chi connectivity index (χ1) is 12.7. The molecule has 0 saturated heterocycles. The Bertz CT molecular complexity index is 534. The Labute approximate surface area is 167 Å². The zero-order valence-electron chi connectivity index (χ0n) is 18.2. The summed E-state index contributed by atoms with van der Waals surface area (Å²) in [6.45, 7) is 15.3. The van der Waals surface area contributed by atoms with Gasteiger partial charge in [-0.15, -0.1) is 0 Å². The second-order valence-electron chi connectivity index (χ2n) is 8.96. The summed E-state index contributed by atoms with van der Waals surface area (Å²) >= 11 is 0. The lowest BCUT2D eigenvalue weighted by molar-refractivity contribution is 0.0815. The molecule has 0 aromatic heterocycles. The summed E-state index contributed by atoms with van der Waals surface area (Å²) < 4.78 is 12.6. The highest BCUT2D eigenvalue weighted by molar-refractivity contribution is 6.74. The molecule has 0 unspecified atom stereocenters. The molecule has 1 aromatic rings. The van der Waals surface area contributed by atoms with Gasteiger partial charge in [-0.05, 0) is 48.9 Å². The molecule has 1 N–H and O–H groups in total. The summed E-state index contributed by atoms with van der Waals surface area (Å²) in [7, 11) is -1.81. The van der Waals surface area contributed by atoms with Crippen molar-refractivity contribution in [2.45, 2.75) is 77.8 Å². The number of hydrogen-bond acceptors (Lipinski definition) is 3. The van der Waals surface area contributed by atoms with E-state index >= 15 is 0 Å². The summed E-state index contributed by atoms with van der Waals surface area (Å²) in [6, 6.07) is 10.3. The van der Waals surface area contributed by atoms with Crippen LogP contribution in [0.2, 0.25) is 18.1 Å². The number of allylic oxidation sites excluding steroid dienone is 1. The number of rotatable bonds is 12. The summed E-state index contributed by atoms with van der Waals surface area (Å²) in [5, 5.41) is 9.18. The van der Waals surface area contributed by atoms with Crippen molar-refractivity contribution in [3.63, 3.8) is 0 Å². The molecule has 0 amide bonds. The van der Waals surface area contributed by atoms with Gasteiger partial charge in [0.25, 0.3) is 0 Å². The first-order valence-electron chi connectivity index (χ1n) is 10.2. The van der Waals surface area contributed by atoms with Crippen LogP contribution in [0, 0.1) is 5.92 Å². The van der Waals surface area contributed by atoms with Gasteiger partial charge in [-0.3, -0.25) is 0 Å². The fraction of sp³-hybridized carbons (Fsp3) is 0.652. The van der Waals surface area contributed by atoms with E-state index in [0.717, 1.165) is 25.9 Å². The lowest BCUT2D eigenvalue weighted by Crippen LogP contribution is -2.45. The Morgan fingerprint density at radius 2 is 1.78 bits per heavy atom.